The van der Waals surface area contributed by atoms with Gasteiger partial charge in [0.2, 0.25) is 0 Å². The molecule has 1 unspecified atom stereocenters. The zero-order valence-corrected chi connectivity index (χ0v) is 16.6. The highest BCUT2D eigenvalue weighted by Crippen LogP contribution is 2.34. The third kappa shape index (κ3) is 3.80. The van der Waals surface area contributed by atoms with E-state index in [1.165, 1.54) is 0 Å². The smallest absolute Gasteiger partial charge is 0.323 e. The molecular weight excluding hydrogens is 358 g/mol. The van der Waals surface area contributed by atoms with Crippen molar-refractivity contribution in [2.75, 3.05) is 20.8 Å². The van der Waals surface area contributed by atoms with Crippen molar-refractivity contribution in [1.82, 2.24) is 9.38 Å². The Morgan fingerprint density at radius 3 is 2.61 bits per heavy atom. The van der Waals surface area contributed by atoms with Crippen LogP contribution < -0.4 is 15.2 Å². The number of benzene rings is 1. The first kappa shape index (κ1) is 19.7. The Morgan fingerprint density at radius 1 is 1.18 bits per heavy atom. The number of carbonyl (C=O) groups excluding carboxylic acids is 1. The molecule has 0 aliphatic carbocycles. The van der Waals surface area contributed by atoms with E-state index in [-0.39, 0.29) is 0 Å². The van der Waals surface area contributed by atoms with Crippen LogP contribution in [0.2, 0.25) is 0 Å². The minimum Gasteiger partial charge on any atom is -0.493 e. The van der Waals surface area contributed by atoms with Crippen LogP contribution in [0.15, 0.2) is 36.5 Å². The van der Waals surface area contributed by atoms with E-state index >= 15 is 0 Å². The number of imidazole rings is 1. The number of hydrogen-bond acceptors (Lipinski definition) is 6. The second kappa shape index (κ2) is 8.31. The van der Waals surface area contributed by atoms with Crippen LogP contribution in [0.1, 0.15) is 18.2 Å². The summed E-state index contributed by atoms with van der Waals surface area (Å²) >= 11 is 0. The molecule has 1 aromatic carbocycles. The molecule has 2 aromatic heterocycles. The summed E-state index contributed by atoms with van der Waals surface area (Å²) in [5.41, 5.74) is 10.4. The van der Waals surface area contributed by atoms with Crippen molar-refractivity contribution in [2.45, 2.75) is 26.3 Å². The fraction of sp³-hybridized carbons (Fsp3) is 0.333. The second-order valence-electron chi connectivity index (χ2n) is 6.47. The molecule has 7 heteroatoms. The topological polar surface area (TPSA) is 88.1 Å². The van der Waals surface area contributed by atoms with Crippen LogP contribution in [0, 0.1) is 6.92 Å². The molecule has 3 aromatic rings. The van der Waals surface area contributed by atoms with E-state index in [4.69, 9.17) is 24.9 Å². The Morgan fingerprint density at radius 2 is 1.93 bits per heavy atom. The lowest BCUT2D eigenvalue weighted by atomic mass is 10.0. The summed E-state index contributed by atoms with van der Waals surface area (Å²) in [6.07, 6.45) is 2.28. The molecule has 0 fully saturated rings. The highest BCUT2D eigenvalue weighted by molar-refractivity contribution is 5.77. The summed E-state index contributed by atoms with van der Waals surface area (Å²) in [4.78, 5) is 16.9. The van der Waals surface area contributed by atoms with E-state index in [1.807, 2.05) is 47.9 Å². The van der Waals surface area contributed by atoms with Gasteiger partial charge in [-0.1, -0.05) is 6.07 Å². The van der Waals surface area contributed by atoms with Gasteiger partial charge in [0.05, 0.1) is 32.2 Å². The average Bonchev–Trinajstić information content (AvgIpc) is 3.05. The number of rotatable bonds is 7. The molecule has 0 saturated heterocycles. The molecule has 7 nitrogen and oxygen atoms in total. The summed E-state index contributed by atoms with van der Waals surface area (Å²) < 4.78 is 17.8. The summed E-state index contributed by atoms with van der Waals surface area (Å²) in [5.74, 6) is 0.813. The van der Waals surface area contributed by atoms with E-state index in [0.29, 0.717) is 24.5 Å². The highest BCUT2D eigenvalue weighted by atomic mass is 16.5. The van der Waals surface area contributed by atoms with Crippen molar-refractivity contribution in [2.24, 2.45) is 5.73 Å². The maximum Gasteiger partial charge on any atom is 0.323 e. The number of nitrogens with zero attached hydrogens (tertiary/aromatic N) is 2. The molecule has 0 bridgehead atoms. The van der Waals surface area contributed by atoms with Gasteiger partial charge in [-0.2, -0.15) is 0 Å². The summed E-state index contributed by atoms with van der Waals surface area (Å²) in [7, 11) is 3.18. The van der Waals surface area contributed by atoms with Gasteiger partial charge in [-0.15, -0.1) is 0 Å². The molecule has 0 aliphatic rings. The first-order valence-corrected chi connectivity index (χ1v) is 9.10. The summed E-state index contributed by atoms with van der Waals surface area (Å²) in [6, 6.07) is 8.77. The number of hydrogen-bond donors (Lipinski definition) is 1. The molecule has 1 atom stereocenters. The largest absolute Gasteiger partial charge is 0.493 e. The summed E-state index contributed by atoms with van der Waals surface area (Å²) in [6.45, 7) is 4.06. The molecular formula is C21H25N3O4. The zero-order valence-electron chi connectivity index (χ0n) is 16.6. The van der Waals surface area contributed by atoms with E-state index in [9.17, 15) is 4.79 Å². The maximum absolute atomic E-state index is 12.1. The Hall–Kier alpha value is -3.06. The van der Waals surface area contributed by atoms with Gasteiger partial charge < -0.3 is 24.3 Å². The summed E-state index contributed by atoms with van der Waals surface area (Å²) in [5, 5.41) is 0. The van der Waals surface area contributed by atoms with Gasteiger partial charge in [-0.05, 0) is 43.7 Å². The van der Waals surface area contributed by atoms with Gasteiger partial charge in [0.1, 0.15) is 11.7 Å². The Labute approximate surface area is 164 Å². The van der Waals surface area contributed by atoms with Crippen LogP contribution >= 0.6 is 0 Å². The number of pyridine rings is 1. The van der Waals surface area contributed by atoms with Gasteiger partial charge in [0.25, 0.3) is 0 Å². The third-order valence-corrected chi connectivity index (χ3v) is 4.52. The van der Waals surface area contributed by atoms with Crippen molar-refractivity contribution in [3.63, 3.8) is 0 Å². The van der Waals surface area contributed by atoms with Crippen LogP contribution in [-0.2, 0) is 16.0 Å². The highest BCUT2D eigenvalue weighted by Gasteiger charge is 2.22. The zero-order chi connectivity index (χ0) is 20.3. The number of aryl methyl sites for hydroxylation is 1. The molecule has 2 heterocycles. The first-order chi connectivity index (χ1) is 13.5. The molecule has 3 rings (SSSR count). The van der Waals surface area contributed by atoms with E-state index in [0.717, 1.165) is 28.2 Å². The first-order valence-electron chi connectivity index (χ1n) is 9.10. The molecule has 0 aliphatic heterocycles. The Kier molecular flexibility index (Phi) is 5.84. The van der Waals surface area contributed by atoms with Crippen LogP contribution in [0.3, 0.4) is 0 Å². The Balaban J connectivity index is 2.13. The van der Waals surface area contributed by atoms with Crippen molar-refractivity contribution in [3.8, 4) is 22.8 Å². The minimum atomic E-state index is -0.778. The predicted octanol–water partition coefficient (Wildman–Crippen LogP) is 2.76. The number of ether oxygens (including phenoxy) is 3. The van der Waals surface area contributed by atoms with Crippen LogP contribution in [0.4, 0.5) is 0 Å². The van der Waals surface area contributed by atoms with Crippen molar-refractivity contribution >= 4 is 11.6 Å². The van der Waals surface area contributed by atoms with E-state index < -0.39 is 12.0 Å². The maximum atomic E-state index is 12.1. The molecule has 0 spiro atoms. The molecule has 0 amide bonds. The average molecular weight is 383 g/mol. The van der Waals surface area contributed by atoms with Gasteiger partial charge >= 0.3 is 5.97 Å². The van der Waals surface area contributed by atoms with Crippen molar-refractivity contribution in [3.05, 3.63) is 47.8 Å². The SMILES string of the molecule is CCOC(=O)C(N)Cc1c(-c2ccc(OC)c(OC)c2)nc2ccc(C)cn12. The molecule has 2 N–H and O–H groups in total. The van der Waals surface area contributed by atoms with Gasteiger partial charge in [0.15, 0.2) is 11.5 Å². The third-order valence-electron chi connectivity index (χ3n) is 4.52. The fourth-order valence-corrected chi connectivity index (χ4v) is 3.15. The van der Waals surface area contributed by atoms with Gasteiger partial charge in [-0.25, -0.2) is 4.98 Å². The van der Waals surface area contributed by atoms with Crippen LogP contribution in [-0.4, -0.2) is 42.2 Å². The lowest BCUT2D eigenvalue weighted by Gasteiger charge is -2.13. The lowest BCUT2D eigenvalue weighted by Crippen LogP contribution is -2.34. The predicted molar refractivity (Wildman–Crippen MR) is 107 cm³/mol. The molecule has 0 saturated carbocycles. The lowest BCUT2D eigenvalue weighted by molar-refractivity contribution is -0.144. The molecule has 148 valence electrons. The molecule has 28 heavy (non-hydrogen) atoms. The van der Waals surface area contributed by atoms with Crippen molar-refractivity contribution in [1.29, 1.82) is 0 Å². The monoisotopic (exact) mass is 383 g/mol. The second-order valence-corrected chi connectivity index (χ2v) is 6.47. The van der Waals surface area contributed by atoms with E-state index in [2.05, 4.69) is 0 Å². The number of methoxy groups -OCH3 is 2. The normalized spacial score (nSPS) is 12.0. The van der Waals surface area contributed by atoms with Crippen LogP contribution in [0.25, 0.3) is 16.9 Å². The van der Waals surface area contributed by atoms with Gasteiger partial charge in [0, 0.05) is 18.2 Å². The van der Waals surface area contributed by atoms with E-state index in [1.54, 1.807) is 21.1 Å². The number of nitrogens with two attached hydrogens (primary N) is 1. The number of fused-ring (bicyclic) bond motifs is 1. The standard InChI is InChI=1S/C21H25N3O4/c1-5-28-21(25)15(22)11-16-20(23-19-9-6-13(2)12-24(16)19)14-7-8-17(26-3)18(10-14)27-4/h6-10,12,15H,5,11,22H2,1-4H3. The number of aromatic nitrogens is 2. The number of esters is 1. The van der Waals surface area contributed by atoms with Crippen LogP contribution in [0.5, 0.6) is 11.5 Å². The minimum absolute atomic E-state index is 0.293. The van der Waals surface area contributed by atoms with Crippen molar-refractivity contribution < 1.29 is 19.0 Å². The Bertz CT molecular complexity index is 997. The molecule has 0 radical (unpaired) electrons. The number of carbonyl (C=O) groups is 1. The fourth-order valence-electron chi connectivity index (χ4n) is 3.15. The quantitative estimate of drug-likeness (QED) is 0.631. The van der Waals surface area contributed by atoms with Gasteiger partial charge in [-0.3, -0.25) is 4.79 Å².